The minimum Gasteiger partial charge on any atom is -0.378 e. The molecule has 2 fully saturated rings. The van der Waals surface area contributed by atoms with Gasteiger partial charge in [-0.2, -0.15) is 0 Å². The molecule has 0 saturated carbocycles. The number of hydrogen-bond donors (Lipinski definition) is 1. The molecule has 1 N–H and O–H groups in total. The van der Waals surface area contributed by atoms with Gasteiger partial charge in [-0.15, -0.1) is 11.3 Å². The lowest BCUT2D eigenvalue weighted by atomic mass is 9.86. The maximum Gasteiger partial charge on any atom is 0.231 e. The molecule has 1 aromatic carbocycles. The molecule has 0 aliphatic carbocycles. The van der Waals surface area contributed by atoms with Crippen molar-refractivity contribution >= 4 is 40.3 Å². The van der Waals surface area contributed by atoms with E-state index in [9.17, 15) is 9.59 Å². The number of hydrogen-bond acceptors (Lipinski definition) is 6. The largest absolute Gasteiger partial charge is 0.378 e. The number of morpholine rings is 1. The number of carbonyl (C=O) groups excluding carboxylic acids is 2. The monoisotopic (exact) mass is 476 g/mol. The molecule has 2 unspecified atom stereocenters. The Bertz CT molecular complexity index is 1130. The van der Waals surface area contributed by atoms with Crippen molar-refractivity contribution in [3.63, 3.8) is 0 Å². The summed E-state index contributed by atoms with van der Waals surface area (Å²) in [5.41, 5.74) is 2.97. The molecule has 4 heterocycles. The van der Waals surface area contributed by atoms with Crippen molar-refractivity contribution in [3.05, 3.63) is 70.5 Å². The molecule has 2 aliphatic rings. The van der Waals surface area contributed by atoms with Crippen LogP contribution in [0.3, 0.4) is 0 Å². The predicted molar refractivity (Wildman–Crippen MR) is 134 cm³/mol. The molecular formula is C26H28N4O3S. The Labute approximate surface area is 203 Å². The fourth-order valence-corrected chi connectivity index (χ4v) is 5.53. The minimum atomic E-state index is -0.377. The number of rotatable bonds is 5. The molecule has 5 rings (SSSR count). The fourth-order valence-electron chi connectivity index (χ4n) is 4.65. The van der Waals surface area contributed by atoms with E-state index < -0.39 is 0 Å². The van der Waals surface area contributed by atoms with Gasteiger partial charge in [0.05, 0.1) is 37.1 Å². The number of aryl methyl sites for hydroxylation is 1. The molecule has 176 valence electrons. The summed E-state index contributed by atoms with van der Waals surface area (Å²) < 4.78 is 5.41. The Morgan fingerprint density at radius 3 is 2.53 bits per heavy atom. The molecule has 2 aromatic heterocycles. The van der Waals surface area contributed by atoms with Crippen LogP contribution in [-0.2, 0) is 14.3 Å². The number of thiophene rings is 1. The maximum atomic E-state index is 13.5. The van der Waals surface area contributed by atoms with Gasteiger partial charge in [0.1, 0.15) is 5.82 Å². The van der Waals surface area contributed by atoms with Gasteiger partial charge in [-0.05, 0) is 49.1 Å². The van der Waals surface area contributed by atoms with Gasteiger partial charge in [0.15, 0.2) is 0 Å². The van der Waals surface area contributed by atoms with Crippen LogP contribution in [0.5, 0.6) is 0 Å². The molecule has 2 amide bonds. The van der Waals surface area contributed by atoms with Gasteiger partial charge in [0.2, 0.25) is 11.8 Å². The van der Waals surface area contributed by atoms with Crippen LogP contribution in [0.15, 0.2) is 60.1 Å². The SMILES string of the molecule is Cc1ccc(N2C(=O)CCC(C(=O)Nc3ccc(N4CCOCC4)cn3)C2c2cccs2)cc1. The van der Waals surface area contributed by atoms with Crippen molar-refractivity contribution < 1.29 is 14.3 Å². The third-order valence-electron chi connectivity index (χ3n) is 6.46. The summed E-state index contributed by atoms with van der Waals surface area (Å²) in [6.07, 6.45) is 2.62. The molecule has 34 heavy (non-hydrogen) atoms. The molecule has 0 spiro atoms. The average molecular weight is 477 g/mol. The van der Waals surface area contributed by atoms with Crippen LogP contribution >= 0.6 is 11.3 Å². The second kappa shape index (κ2) is 9.95. The number of carbonyl (C=O) groups is 2. The fraction of sp³-hybridized carbons (Fsp3) is 0.346. The van der Waals surface area contributed by atoms with E-state index in [1.807, 2.05) is 60.8 Å². The van der Waals surface area contributed by atoms with Crippen LogP contribution in [0.4, 0.5) is 17.2 Å². The van der Waals surface area contributed by atoms with E-state index in [1.165, 1.54) is 0 Å². The first kappa shape index (κ1) is 22.6. The Hall–Kier alpha value is -3.23. The van der Waals surface area contributed by atoms with Crippen molar-refractivity contribution in [3.8, 4) is 0 Å². The van der Waals surface area contributed by atoms with Crippen LogP contribution in [0.1, 0.15) is 29.3 Å². The van der Waals surface area contributed by atoms with Gasteiger partial charge in [-0.3, -0.25) is 9.59 Å². The number of piperidine rings is 1. The lowest BCUT2D eigenvalue weighted by Crippen LogP contribution is -2.46. The van der Waals surface area contributed by atoms with Crippen LogP contribution in [0.25, 0.3) is 0 Å². The van der Waals surface area contributed by atoms with Gasteiger partial charge < -0.3 is 19.9 Å². The van der Waals surface area contributed by atoms with E-state index in [4.69, 9.17) is 4.74 Å². The summed E-state index contributed by atoms with van der Waals surface area (Å²) in [7, 11) is 0. The maximum absolute atomic E-state index is 13.5. The smallest absolute Gasteiger partial charge is 0.231 e. The molecule has 2 saturated heterocycles. The van der Waals surface area contributed by atoms with E-state index in [1.54, 1.807) is 22.4 Å². The normalized spacial score (nSPS) is 20.9. The molecule has 0 radical (unpaired) electrons. The molecule has 0 bridgehead atoms. The van der Waals surface area contributed by atoms with Crippen molar-refractivity contribution in [2.75, 3.05) is 41.4 Å². The first-order valence-corrected chi connectivity index (χ1v) is 12.5. The predicted octanol–water partition coefficient (Wildman–Crippen LogP) is 4.41. The van der Waals surface area contributed by atoms with E-state index in [0.29, 0.717) is 31.9 Å². The zero-order valence-electron chi connectivity index (χ0n) is 19.1. The quantitative estimate of drug-likeness (QED) is 0.590. The van der Waals surface area contributed by atoms with Crippen LogP contribution < -0.4 is 15.1 Å². The number of ether oxygens (including phenoxy) is 1. The average Bonchev–Trinajstić information content (AvgIpc) is 3.40. The van der Waals surface area contributed by atoms with Gasteiger partial charge in [-0.1, -0.05) is 23.8 Å². The number of pyridine rings is 1. The highest BCUT2D eigenvalue weighted by molar-refractivity contribution is 7.10. The van der Waals surface area contributed by atoms with E-state index in [0.717, 1.165) is 34.9 Å². The second-order valence-corrected chi connectivity index (χ2v) is 9.67. The van der Waals surface area contributed by atoms with Gasteiger partial charge in [-0.25, -0.2) is 4.98 Å². The molecule has 2 aliphatic heterocycles. The zero-order chi connectivity index (χ0) is 23.5. The standard InChI is InChI=1S/C26H28N4O3S/c1-18-4-6-19(7-5-18)30-24(31)11-9-21(25(30)22-3-2-16-34-22)26(32)28-23-10-8-20(17-27-23)29-12-14-33-15-13-29/h2-8,10,16-17,21,25H,9,11-15H2,1H3,(H,27,28,32). The van der Waals surface area contributed by atoms with E-state index in [-0.39, 0.29) is 23.8 Å². The number of benzene rings is 1. The lowest BCUT2D eigenvalue weighted by Gasteiger charge is -2.40. The van der Waals surface area contributed by atoms with Crippen LogP contribution in [0, 0.1) is 12.8 Å². The first-order chi connectivity index (χ1) is 16.6. The Morgan fingerprint density at radius 1 is 1.09 bits per heavy atom. The third kappa shape index (κ3) is 4.69. The number of anilines is 3. The van der Waals surface area contributed by atoms with Gasteiger partial charge in [0.25, 0.3) is 0 Å². The highest BCUT2D eigenvalue weighted by Gasteiger charge is 2.42. The van der Waals surface area contributed by atoms with Crippen molar-refractivity contribution in [2.45, 2.75) is 25.8 Å². The van der Waals surface area contributed by atoms with Crippen LogP contribution in [0.2, 0.25) is 0 Å². The summed E-state index contributed by atoms with van der Waals surface area (Å²) >= 11 is 1.57. The Kier molecular flexibility index (Phi) is 6.60. The summed E-state index contributed by atoms with van der Waals surface area (Å²) in [6.45, 7) is 5.11. The highest BCUT2D eigenvalue weighted by Crippen LogP contribution is 2.42. The highest BCUT2D eigenvalue weighted by atomic mass is 32.1. The third-order valence-corrected chi connectivity index (χ3v) is 7.40. The topological polar surface area (TPSA) is 74.8 Å². The molecule has 8 heteroatoms. The Morgan fingerprint density at radius 2 is 1.85 bits per heavy atom. The molecule has 7 nitrogen and oxygen atoms in total. The van der Waals surface area contributed by atoms with Crippen molar-refractivity contribution in [1.29, 1.82) is 0 Å². The van der Waals surface area contributed by atoms with Crippen molar-refractivity contribution in [2.24, 2.45) is 5.92 Å². The zero-order valence-corrected chi connectivity index (χ0v) is 20.0. The van der Waals surface area contributed by atoms with Crippen molar-refractivity contribution in [1.82, 2.24) is 4.98 Å². The van der Waals surface area contributed by atoms with Gasteiger partial charge in [0, 0.05) is 30.1 Å². The van der Waals surface area contributed by atoms with E-state index >= 15 is 0 Å². The number of aromatic nitrogens is 1. The van der Waals surface area contributed by atoms with E-state index in [2.05, 4.69) is 15.2 Å². The molecule has 2 atom stereocenters. The summed E-state index contributed by atoms with van der Waals surface area (Å²) in [5, 5.41) is 4.99. The van der Waals surface area contributed by atoms with Gasteiger partial charge >= 0.3 is 0 Å². The second-order valence-electron chi connectivity index (χ2n) is 8.70. The number of amides is 2. The number of nitrogens with zero attached hydrogens (tertiary/aromatic N) is 3. The summed E-state index contributed by atoms with van der Waals surface area (Å²) in [4.78, 5) is 36.1. The minimum absolute atomic E-state index is 0.0410. The molecular weight excluding hydrogens is 448 g/mol. The number of nitrogens with one attached hydrogen (secondary N) is 1. The first-order valence-electron chi connectivity index (χ1n) is 11.6. The summed E-state index contributed by atoms with van der Waals surface area (Å²) in [6, 6.07) is 15.4. The molecule has 3 aromatic rings. The lowest BCUT2D eigenvalue weighted by molar-refractivity contribution is -0.125. The summed E-state index contributed by atoms with van der Waals surface area (Å²) in [5.74, 6) is 0.0676. The Balaban J connectivity index is 1.38. The van der Waals surface area contributed by atoms with Crippen LogP contribution in [-0.4, -0.2) is 43.1 Å².